The van der Waals surface area contributed by atoms with Crippen LogP contribution in [-0.2, 0) is 10.2 Å². The number of carbonyl (C=O) groups is 1. The van der Waals surface area contributed by atoms with Gasteiger partial charge in [0.05, 0.1) is 15.7 Å². The highest BCUT2D eigenvalue weighted by Crippen LogP contribution is 2.48. The summed E-state index contributed by atoms with van der Waals surface area (Å²) in [6.07, 6.45) is 4.15. The van der Waals surface area contributed by atoms with Gasteiger partial charge >= 0.3 is 0 Å². The molecule has 1 aliphatic rings. The lowest BCUT2D eigenvalue weighted by Crippen LogP contribution is -2.38. The van der Waals surface area contributed by atoms with Crippen LogP contribution in [-0.4, -0.2) is 17.9 Å². The minimum atomic E-state index is -0.202. The highest BCUT2D eigenvalue weighted by molar-refractivity contribution is 6.44. The standard InChI is InChI=1S/C24H30Cl2N2O/c1-6-14(2)19-11-20(24(5,12-27-13-29)17-8-9-17)28-23(16(19)4)18-10-7-15(3)21(25)22(18)26/h7,10-11,13-14,17H,6,8-9,12H2,1-5H3,(H,27,29). The summed E-state index contributed by atoms with van der Waals surface area (Å²) in [7, 11) is 0. The van der Waals surface area contributed by atoms with Gasteiger partial charge in [0, 0.05) is 23.2 Å². The Morgan fingerprint density at radius 3 is 2.55 bits per heavy atom. The molecule has 156 valence electrons. The van der Waals surface area contributed by atoms with Crippen molar-refractivity contribution in [2.45, 2.75) is 65.2 Å². The summed E-state index contributed by atoms with van der Waals surface area (Å²) in [5.41, 5.74) is 5.97. The molecule has 1 heterocycles. The fourth-order valence-electron chi connectivity index (χ4n) is 4.16. The van der Waals surface area contributed by atoms with E-state index in [1.165, 1.54) is 5.56 Å². The molecule has 5 heteroatoms. The van der Waals surface area contributed by atoms with E-state index in [9.17, 15) is 4.79 Å². The van der Waals surface area contributed by atoms with Crippen LogP contribution in [0.5, 0.6) is 0 Å². The third-order valence-electron chi connectivity index (χ3n) is 6.60. The Labute approximate surface area is 184 Å². The van der Waals surface area contributed by atoms with E-state index < -0.39 is 0 Å². The Hall–Kier alpha value is -1.58. The van der Waals surface area contributed by atoms with Gasteiger partial charge in [-0.3, -0.25) is 9.78 Å². The predicted molar refractivity (Wildman–Crippen MR) is 122 cm³/mol. The molecule has 0 aliphatic heterocycles. The Bertz CT molecular complexity index is 924. The summed E-state index contributed by atoms with van der Waals surface area (Å²) >= 11 is 13.1. The summed E-state index contributed by atoms with van der Waals surface area (Å²) in [4.78, 5) is 16.2. The molecule has 1 amide bonds. The number of pyridine rings is 1. The monoisotopic (exact) mass is 432 g/mol. The zero-order valence-corrected chi connectivity index (χ0v) is 19.4. The van der Waals surface area contributed by atoms with Gasteiger partial charge in [0.25, 0.3) is 0 Å². The molecule has 1 fully saturated rings. The van der Waals surface area contributed by atoms with Crippen molar-refractivity contribution in [2.24, 2.45) is 5.92 Å². The number of amides is 1. The van der Waals surface area contributed by atoms with Gasteiger partial charge in [-0.15, -0.1) is 0 Å². The number of benzene rings is 1. The predicted octanol–water partition coefficient (Wildman–Crippen LogP) is 6.60. The topological polar surface area (TPSA) is 42.0 Å². The van der Waals surface area contributed by atoms with Crippen molar-refractivity contribution in [3.63, 3.8) is 0 Å². The van der Waals surface area contributed by atoms with E-state index in [2.05, 4.69) is 39.1 Å². The SMILES string of the molecule is CCC(C)c1cc(C(C)(CNC=O)C2CC2)nc(-c2ccc(C)c(Cl)c2Cl)c1C. The third-order valence-corrected chi connectivity index (χ3v) is 7.58. The van der Waals surface area contributed by atoms with E-state index in [1.807, 2.05) is 19.1 Å². The van der Waals surface area contributed by atoms with Crippen molar-refractivity contribution in [2.75, 3.05) is 6.54 Å². The Balaban J connectivity index is 2.25. The lowest BCUT2D eigenvalue weighted by molar-refractivity contribution is -0.109. The van der Waals surface area contributed by atoms with Gasteiger partial charge in [0.2, 0.25) is 6.41 Å². The second-order valence-electron chi connectivity index (χ2n) is 8.63. The van der Waals surface area contributed by atoms with Crippen LogP contribution in [0.1, 0.15) is 68.3 Å². The average Bonchev–Trinajstić information content (AvgIpc) is 3.56. The van der Waals surface area contributed by atoms with Crippen LogP contribution in [0.25, 0.3) is 11.3 Å². The second kappa shape index (κ2) is 8.65. The molecule has 3 nitrogen and oxygen atoms in total. The van der Waals surface area contributed by atoms with E-state index >= 15 is 0 Å². The molecule has 3 rings (SSSR count). The quantitative estimate of drug-likeness (QED) is 0.477. The maximum atomic E-state index is 11.0. The molecule has 1 aliphatic carbocycles. The summed E-state index contributed by atoms with van der Waals surface area (Å²) in [5.74, 6) is 0.928. The first-order valence-corrected chi connectivity index (χ1v) is 11.1. The van der Waals surface area contributed by atoms with E-state index in [0.29, 0.717) is 28.4 Å². The highest BCUT2D eigenvalue weighted by atomic mass is 35.5. The number of carbonyl (C=O) groups excluding carboxylic acids is 1. The van der Waals surface area contributed by atoms with Crippen LogP contribution in [0.3, 0.4) is 0 Å². The lowest BCUT2D eigenvalue weighted by atomic mass is 9.78. The summed E-state index contributed by atoms with van der Waals surface area (Å²) in [6.45, 7) is 11.3. The largest absolute Gasteiger partial charge is 0.358 e. The highest BCUT2D eigenvalue weighted by Gasteiger charge is 2.44. The van der Waals surface area contributed by atoms with E-state index in [4.69, 9.17) is 28.2 Å². The molecule has 0 bridgehead atoms. The van der Waals surface area contributed by atoms with Crippen molar-refractivity contribution in [1.29, 1.82) is 0 Å². The summed E-state index contributed by atoms with van der Waals surface area (Å²) < 4.78 is 0. The molecular formula is C24H30Cl2N2O. The minimum Gasteiger partial charge on any atom is -0.358 e. The maximum Gasteiger partial charge on any atom is 0.207 e. The van der Waals surface area contributed by atoms with Gasteiger partial charge in [-0.05, 0) is 67.7 Å². The first-order chi connectivity index (χ1) is 13.7. The van der Waals surface area contributed by atoms with Crippen LogP contribution in [0.15, 0.2) is 18.2 Å². The lowest BCUT2D eigenvalue weighted by Gasteiger charge is -2.31. The Morgan fingerprint density at radius 2 is 1.97 bits per heavy atom. The summed E-state index contributed by atoms with van der Waals surface area (Å²) in [6, 6.07) is 6.26. The number of halogens is 2. The molecule has 1 aromatic heterocycles. The number of hydrogen-bond acceptors (Lipinski definition) is 2. The van der Waals surface area contributed by atoms with E-state index in [0.717, 1.165) is 53.8 Å². The summed E-state index contributed by atoms with van der Waals surface area (Å²) in [5, 5.41) is 4.03. The number of aryl methyl sites for hydroxylation is 1. The van der Waals surface area contributed by atoms with Crippen molar-refractivity contribution in [1.82, 2.24) is 10.3 Å². The van der Waals surface area contributed by atoms with Crippen LogP contribution in [0.4, 0.5) is 0 Å². The molecule has 1 aromatic carbocycles. The van der Waals surface area contributed by atoms with Crippen LogP contribution in [0, 0.1) is 19.8 Å². The van der Waals surface area contributed by atoms with Crippen molar-refractivity contribution < 1.29 is 4.79 Å². The fraction of sp³-hybridized carbons (Fsp3) is 0.500. The first-order valence-electron chi connectivity index (χ1n) is 10.4. The van der Waals surface area contributed by atoms with Crippen LogP contribution >= 0.6 is 23.2 Å². The zero-order chi connectivity index (χ0) is 21.3. The molecule has 1 N–H and O–H groups in total. The van der Waals surface area contributed by atoms with Gasteiger partial charge in [0.15, 0.2) is 0 Å². The molecular weight excluding hydrogens is 403 g/mol. The van der Waals surface area contributed by atoms with Crippen LogP contribution < -0.4 is 5.32 Å². The number of aromatic nitrogens is 1. The normalized spacial score (nSPS) is 16.9. The molecule has 0 spiro atoms. The number of nitrogens with one attached hydrogen (secondary N) is 1. The smallest absolute Gasteiger partial charge is 0.207 e. The van der Waals surface area contributed by atoms with Gasteiger partial charge in [-0.25, -0.2) is 0 Å². The minimum absolute atomic E-state index is 0.202. The first kappa shape index (κ1) is 22.1. The molecule has 1 saturated carbocycles. The second-order valence-corrected chi connectivity index (χ2v) is 9.38. The molecule has 0 radical (unpaired) electrons. The van der Waals surface area contributed by atoms with Crippen molar-refractivity contribution >= 4 is 29.6 Å². The van der Waals surface area contributed by atoms with Crippen molar-refractivity contribution in [3.05, 3.63) is 50.6 Å². The van der Waals surface area contributed by atoms with Gasteiger partial charge in [-0.1, -0.05) is 56.1 Å². The molecule has 2 aromatic rings. The fourth-order valence-corrected chi connectivity index (χ4v) is 4.63. The Kier molecular flexibility index (Phi) is 6.60. The van der Waals surface area contributed by atoms with E-state index in [1.54, 1.807) is 0 Å². The number of nitrogens with zero attached hydrogens (tertiary/aromatic N) is 1. The number of rotatable bonds is 8. The van der Waals surface area contributed by atoms with Crippen molar-refractivity contribution in [3.8, 4) is 11.3 Å². The van der Waals surface area contributed by atoms with Gasteiger partial charge in [-0.2, -0.15) is 0 Å². The Morgan fingerprint density at radius 1 is 1.28 bits per heavy atom. The van der Waals surface area contributed by atoms with Crippen LogP contribution in [0.2, 0.25) is 10.0 Å². The molecule has 2 atom stereocenters. The zero-order valence-electron chi connectivity index (χ0n) is 17.9. The maximum absolute atomic E-state index is 11.0. The van der Waals surface area contributed by atoms with Gasteiger partial charge < -0.3 is 5.32 Å². The number of hydrogen-bond donors (Lipinski definition) is 1. The average molecular weight is 433 g/mol. The van der Waals surface area contributed by atoms with E-state index in [-0.39, 0.29) is 5.41 Å². The third kappa shape index (κ3) is 4.18. The molecule has 0 saturated heterocycles. The molecule has 29 heavy (non-hydrogen) atoms. The van der Waals surface area contributed by atoms with Gasteiger partial charge in [0.1, 0.15) is 0 Å². The molecule has 2 unspecified atom stereocenters.